The summed E-state index contributed by atoms with van der Waals surface area (Å²) >= 11 is 0. The molecule has 0 spiro atoms. The van der Waals surface area contributed by atoms with E-state index in [1.165, 1.54) is 0 Å². The molecule has 4 heteroatoms. The number of methoxy groups -OCH3 is 2. The first-order valence-electron chi connectivity index (χ1n) is 8.60. The van der Waals surface area contributed by atoms with Gasteiger partial charge in [-0.25, -0.2) is 0 Å². The average Bonchev–Trinajstić information content (AvgIpc) is 2.84. The molecule has 0 aromatic heterocycles. The monoisotopic (exact) mass is 334 g/mol. The molecule has 0 amide bonds. The van der Waals surface area contributed by atoms with Crippen LogP contribution in [0.3, 0.4) is 0 Å². The Morgan fingerprint density at radius 3 is 2.56 bits per heavy atom. The molecule has 0 fully saturated rings. The molecule has 2 aliphatic rings. The minimum Gasteiger partial charge on any atom is -0.493 e. The number of fused-ring (bicyclic) bond motifs is 1. The van der Waals surface area contributed by atoms with Crippen molar-refractivity contribution < 1.29 is 9.47 Å². The molecule has 2 unspecified atom stereocenters. The number of benzene rings is 1. The van der Waals surface area contributed by atoms with Gasteiger partial charge in [0, 0.05) is 12.3 Å². The molecule has 25 heavy (non-hydrogen) atoms. The molecule has 0 aliphatic heterocycles. The van der Waals surface area contributed by atoms with E-state index in [0.717, 1.165) is 30.4 Å². The van der Waals surface area contributed by atoms with Gasteiger partial charge in [-0.05, 0) is 48.4 Å². The number of rotatable bonds is 3. The molecule has 4 nitrogen and oxygen atoms in total. The van der Waals surface area contributed by atoms with Crippen LogP contribution in [0.1, 0.15) is 37.2 Å². The second kappa shape index (κ2) is 7.03. The smallest absolute Gasteiger partial charge is 0.168 e. The predicted octanol–water partition coefficient (Wildman–Crippen LogP) is 4.51. The maximum absolute atomic E-state index is 9.73. The first-order chi connectivity index (χ1) is 12.2. The third kappa shape index (κ3) is 2.89. The SMILES string of the molecule is COc1ccc(C2C=CCC(C#N)(C#N)C3=CCCCC32)cc1OC. The van der Waals surface area contributed by atoms with Crippen LogP contribution >= 0.6 is 0 Å². The Balaban J connectivity index is 2.07. The van der Waals surface area contributed by atoms with E-state index in [2.05, 4.69) is 24.3 Å². The van der Waals surface area contributed by atoms with Crippen molar-refractivity contribution in [3.8, 4) is 23.6 Å². The molecule has 0 saturated carbocycles. The maximum atomic E-state index is 9.73. The second-order valence-electron chi connectivity index (χ2n) is 6.60. The number of hydrogen-bond acceptors (Lipinski definition) is 4. The van der Waals surface area contributed by atoms with Crippen molar-refractivity contribution in [3.05, 3.63) is 47.6 Å². The third-order valence-corrected chi connectivity index (χ3v) is 5.35. The molecule has 0 bridgehead atoms. The van der Waals surface area contributed by atoms with Crippen molar-refractivity contribution in [1.29, 1.82) is 10.5 Å². The third-order valence-electron chi connectivity index (χ3n) is 5.35. The van der Waals surface area contributed by atoms with Gasteiger partial charge in [0.1, 0.15) is 0 Å². The number of allylic oxidation sites excluding steroid dienone is 4. The summed E-state index contributed by atoms with van der Waals surface area (Å²) in [6, 6.07) is 10.6. The van der Waals surface area contributed by atoms with E-state index >= 15 is 0 Å². The summed E-state index contributed by atoms with van der Waals surface area (Å²) in [4.78, 5) is 0. The zero-order valence-corrected chi connectivity index (χ0v) is 14.7. The van der Waals surface area contributed by atoms with Crippen LogP contribution in [0.5, 0.6) is 11.5 Å². The highest BCUT2D eigenvalue weighted by atomic mass is 16.5. The van der Waals surface area contributed by atoms with Crippen molar-refractivity contribution in [3.63, 3.8) is 0 Å². The van der Waals surface area contributed by atoms with Gasteiger partial charge < -0.3 is 9.47 Å². The van der Waals surface area contributed by atoms with Crippen molar-refractivity contribution in [2.24, 2.45) is 11.3 Å². The van der Waals surface area contributed by atoms with Crippen molar-refractivity contribution in [1.82, 2.24) is 0 Å². The lowest BCUT2D eigenvalue weighted by Gasteiger charge is -2.34. The van der Waals surface area contributed by atoms with Crippen molar-refractivity contribution >= 4 is 0 Å². The Hall–Kier alpha value is -2.72. The van der Waals surface area contributed by atoms with E-state index < -0.39 is 5.41 Å². The zero-order chi connectivity index (χ0) is 17.9. The van der Waals surface area contributed by atoms with Crippen LogP contribution in [-0.4, -0.2) is 14.2 Å². The van der Waals surface area contributed by atoms with Crippen LogP contribution in [0.15, 0.2) is 42.0 Å². The van der Waals surface area contributed by atoms with E-state index in [9.17, 15) is 10.5 Å². The van der Waals surface area contributed by atoms with E-state index in [1.54, 1.807) is 14.2 Å². The van der Waals surface area contributed by atoms with Gasteiger partial charge >= 0.3 is 0 Å². The lowest BCUT2D eigenvalue weighted by atomic mass is 9.67. The van der Waals surface area contributed by atoms with Gasteiger partial charge in [-0.15, -0.1) is 0 Å². The molecule has 128 valence electrons. The topological polar surface area (TPSA) is 66.0 Å². The highest BCUT2D eigenvalue weighted by Gasteiger charge is 2.43. The summed E-state index contributed by atoms with van der Waals surface area (Å²) in [6.45, 7) is 0. The Kier molecular flexibility index (Phi) is 4.81. The summed E-state index contributed by atoms with van der Waals surface area (Å²) in [5, 5.41) is 19.5. The average molecular weight is 334 g/mol. The van der Waals surface area contributed by atoms with Crippen LogP contribution < -0.4 is 9.47 Å². The van der Waals surface area contributed by atoms with Gasteiger partial charge in [0.15, 0.2) is 16.9 Å². The Labute approximate surface area is 149 Å². The van der Waals surface area contributed by atoms with Gasteiger partial charge in [-0.2, -0.15) is 10.5 Å². The first kappa shape index (κ1) is 17.1. The van der Waals surface area contributed by atoms with Crippen LogP contribution in [0.25, 0.3) is 0 Å². The largest absolute Gasteiger partial charge is 0.493 e. The van der Waals surface area contributed by atoms with Crippen LogP contribution in [0.2, 0.25) is 0 Å². The molecule has 2 aliphatic carbocycles. The fourth-order valence-corrected chi connectivity index (χ4v) is 4.06. The first-order valence-corrected chi connectivity index (χ1v) is 8.60. The zero-order valence-electron chi connectivity index (χ0n) is 14.7. The molecule has 1 aromatic carbocycles. The normalized spacial score (nSPS) is 24.1. The van der Waals surface area contributed by atoms with Crippen LogP contribution in [0.4, 0.5) is 0 Å². The molecule has 0 radical (unpaired) electrons. The minimum atomic E-state index is -1.03. The lowest BCUT2D eigenvalue weighted by molar-refractivity contribution is 0.353. The van der Waals surface area contributed by atoms with E-state index in [-0.39, 0.29) is 11.8 Å². The molecule has 1 aromatic rings. The Morgan fingerprint density at radius 1 is 1.12 bits per heavy atom. The number of nitriles is 2. The number of ether oxygens (including phenoxy) is 2. The van der Waals surface area contributed by atoms with Crippen LogP contribution in [-0.2, 0) is 0 Å². The molecule has 0 heterocycles. The lowest BCUT2D eigenvalue weighted by Crippen LogP contribution is -2.27. The van der Waals surface area contributed by atoms with Crippen LogP contribution in [0, 0.1) is 34.0 Å². The Morgan fingerprint density at radius 2 is 1.88 bits per heavy atom. The standard InChI is InChI=1S/C21H22N2O2/c1-24-19-10-9-15(12-20(19)25-2)16-7-5-11-21(13-22,14-23)18-8-4-3-6-17(16)18/h5,7-10,12,16-17H,3-4,6,11H2,1-2H3. The molecular formula is C21H22N2O2. The molecule has 3 rings (SSSR count). The van der Waals surface area contributed by atoms with Gasteiger partial charge in [0.2, 0.25) is 0 Å². The van der Waals surface area contributed by atoms with Gasteiger partial charge in [-0.1, -0.05) is 24.3 Å². The summed E-state index contributed by atoms with van der Waals surface area (Å²) in [5.41, 5.74) is 1.08. The van der Waals surface area contributed by atoms with E-state index in [4.69, 9.17) is 9.47 Å². The molecule has 0 N–H and O–H groups in total. The second-order valence-corrected chi connectivity index (χ2v) is 6.60. The summed E-state index contributed by atoms with van der Waals surface area (Å²) < 4.78 is 10.8. The fraction of sp³-hybridized carbons (Fsp3) is 0.429. The highest BCUT2D eigenvalue weighted by Crippen LogP contribution is 2.49. The minimum absolute atomic E-state index is 0.134. The maximum Gasteiger partial charge on any atom is 0.168 e. The predicted molar refractivity (Wildman–Crippen MR) is 95.1 cm³/mol. The van der Waals surface area contributed by atoms with E-state index in [1.807, 2.05) is 24.3 Å². The molecule has 0 saturated heterocycles. The van der Waals surface area contributed by atoms with Gasteiger partial charge in [0.05, 0.1) is 26.4 Å². The fourth-order valence-electron chi connectivity index (χ4n) is 4.06. The van der Waals surface area contributed by atoms with Crippen molar-refractivity contribution in [2.75, 3.05) is 14.2 Å². The number of nitrogens with zero attached hydrogens (tertiary/aromatic N) is 2. The summed E-state index contributed by atoms with van der Waals surface area (Å²) in [6.07, 6.45) is 9.73. The molecular weight excluding hydrogens is 312 g/mol. The van der Waals surface area contributed by atoms with E-state index in [0.29, 0.717) is 17.9 Å². The molecule has 2 atom stereocenters. The summed E-state index contributed by atoms with van der Waals surface area (Å²) in [5.74, 6) is 1.71. The number of hydrogen-bond donors (Lipinski definition) is 0. The van der Waals surface area contributed by atoms with Crippen molar-refractivity contribution in [2.45, 2.75) is 31.6 Å². The summed E-state index contributed by atoms with van der Waals surface area (Å²) in [7, 11) is 3.26. The van der Waals surface area contributed by atoms with Gasteiger partial charge in [0.25, 0.3) is 0 Å². The Bertz CT molecular complexity index is 781. The quantitative estimate of drug-likeness (QED) is 0.763. The highest BCUT2D eigenvalue weighted by molar-refractivity contribution is 5.48. The van der Waals surface area contributed by atoms with Gasteiger partial charge in [-0.3, -0.25) is 0 Å².